The molecule has 1 saturated heterocycles. The molecule has 0 saturated carbocycles. The van der Waals surface area contributed by atoms with Crippen molar-refractivity contribution in [3.8, 4) is 0 Å². The molecule has 0 aliphatic carbocycles. The van der Waals surface area contributed by atoms with Crippen LogP contribution in [-0.4, -0.2) is 55.3 Å². The highest BCUT2D eigenvalue weighted by Gasteiger charge is 2.23. The predicted octanol–water partition coefficient (Wildman–Crippen LogP) is 2.04. The third kappa shape index (κ3) is 4.47. The van der Waals surface area contributed by atoms with Crippen molar-refractivity contribution in [3.63, 3.8) is 0 Å². The average Bonchev–Trinajstić information content (AvgIpc) is 3.13. The van der Waals surface area contributed by atoms with Gasteiger partial charge in [-0.05, 0) is 39.8 Å². The van der Waals surface area contributed by atoms with Crippen molar-refractivity contribution >= 4 is 5.96 Å². The Balaban J connectivity index is 1.81. The molecule has 23 heavy (non-hydrogen) atoms. The van der Waals surface area contributed by atoms with Crippen molar-refractivity contribution in [2.75, 3.05) is 33.2 Å². The zero-order chi connectivity index (χ0) is 16.8. The van der Waals surface area contributed by atoms with Crippen LogP contribution in [0.2, 0.25) is 0 Å². The number of nitrogens with zero attached hydrogens (tertiary/aromatic N) is 3. The fourth-order valence-electron chi connectivity index (χ4n) is 3.52. The third-order valence-electron chi connectivity index (χ3n) is 4.79. The Labute approximate surface area is 139 Å². The third-order valence-corrected chi connectivity index (χ3v) is 4.79. The van der Waals surface area contributed by atoms with Crippen LogP contribution >= 0.6 is 0 Å². The van der Waals surface area contributed by atoms with Gasteiger partial charge in [0.2, 0.25) is 0 Å². The van der Waals surface area contributed by atoms with Gasteiger partial charge in [-0.1, -0.05) is 19.0 Å². The van der Waals surface area contributed by atoms with E-state index in [2.05, 4.69) is 39.5 Å². The highest BCUT2D eigenvalue weighted by atomic mass is 16.5. The van der Waals surface area contributed by atoms with Crippen LogP contribution in [0.25, 0.3) is 0 Å². The van der Waals surface area contributed by atoms with E-state index in [1.165, 1.54) is 24.9 Å². The Hall–Kier alpha value is -1.56. The molecule has 1 aliphatic heterocycles. The van der Waals surface area contributed by atoms with Gasteiger partial charge >= 0.3 is 0 Å². The first-order valence-corrected chi connectivity index (χ1v) is 8.68. The molecule has 0 amide bonds. The normalized spacial score (nSPS) is 20.7. The number of likely N-dealkylation sites (tertiary alicyclic amines) is 1. The van der Waals surface area contributed by atoms with E-state index in [0.717, 1.165) is 37.0 Å². The van der Waals surface area contributed by atoms with Gasteiger partial charge in [-0.25, -0.2) is 0 Å². The molecule has 0 spiro atoms. The van der Waals surface area contributed by atoms with Crippen LogP contribution < -0.4 is 10.6 Å². The smallest absolute Gasteiger partial charge is 0.191 e. The summed E-state index contributed by atoms with van der Waals surface area (Å²) in [4.78, 5) is 6.87. The number of aryl methyl sites for hydroxylation is 2. The molecule has 130 valence electrons. The lowest BCUT2D eigenvalue weighted by Crippen LogP contribution is -2.45. The van der Waals surface area contributed by atoms with E-state index < -0.39 is 0 Å². The predicted molar refractivity (Wildman–Crippen MR) is 94.0 cm³/mol. The molecule has 1 aromatic rings. The maximum Gasteiger partial charge on any atom is 0.191 e. The summed E-state index contributed by atoms with van der Waals surface area (Å²) in [5.41, 5.74) is 2.17. The Kier molecular flexibility index (Phi) is 6.45. The first kappa shape index (κ1) is 17.8. The standard InChI is InChI=1S/C17H31N5O/c1-6-22-9-7-8-15(22)11-20-17(18-5)19-10-12(2)16-13(3)21-23-14(16)4/h12,15H,6-11H2,1-5H3,(H2,18,19,20). The molecule has 0 aromatic carbocycles. The van der Waals surface area contributed by atoms with Crippen LogP contribution in [-0.2, 0) is 0 Å². The van der Waals surface area contributed by atoms with E-state index in [1.807, 2.05) is 20.9 Å². The SMILES string of the molecule is CCN1CCCC1CNC(=NC)NCC(C)c1c(C)noc1C. The summed E-state index contributed by atoms with van der Waals surface area (Å²) in [7, 11) is 1.82. The van der Waals surface area contributed by atoms with Gasteiger partial charge in [-0.2, -0.15) is 0 Å². The maximum absolute atomic E-state index is 5.26. The lowest BCUT2D eigenvalue weighted by molar-refractivity contribution is 0.267. The van der Waals surface area contributed by atoms with Gasteiger partial charge in [0, 0.05) is 37.7 Å². The minimum atomic E-state index is 0.332. The lowest BCUT2D eigenvalue weighted by Gasteiger charge is -2.24. The Bertz CT molecular complexity index is 506. The minimum absolute atomic E-state index is 0.332. The van der Waals surface area contributed by atoms with Gasteiger partial charge in [-0.15, -0.1) is 0 Å². The van der Waals surface area contributed by atoms with E-state index in [1.54, 1.807) is 0 Å². The average molecular weight is 321 g/mol. The van der Waals surface area contributed by atoms with Gasteiger partial charge < -0.3 is 15.2 Å². The summed E-state index contributed by atoms with van der Waals surface area (Å²) in [6.45, 7) is 12.5. The van der Waals surface area contributed by atoms with E-state index >= 15 is 0 Å². The first-order valence-electron chi connectivity index (χ1n) is 8.68. The molecule has 2 atom stereocenters. The molecule has 1 aliphatic rings. The molecule has 0 bridgehead atoms. The van der Waals surface area contributed by atoms with Crippen molar-refractivity contribution in [1.82, 2.24) is 20.7 Å². The summed E-state index contributed by atoms with van der Waals surface area (Å²) >= 11 is 0. The number of hydrogen-bond acceptors (Lipinski definition) is 4. The second-order valence-corrected chi connectivity index (χ2v) is 6.40. The second kappa shape index (κ2) is 8.34. The molecular formula is C17H31N5O. The van der Waals surface area contributed by atoms with Crippen molar-refractivity contribution < 1.29 is 4.52 Å². The quantitative estimate of drug-likeness (QED) is 0.620. The van der Waals surface area contributed by atoms with Gasteiger partial charge in [0.1, 0.15) is 5.76 Å². The van der Waals surface area contributed by atoms with Crippen LogP contribution in [0.3, 0.4) is 0 Å². The van der Waals surface area contributed by atoms with Gasteiger partial charge in [0.05, 0.1) is 5.69 Å². The maximum atomic E-state index is 5.26. The summed E-state index contributed by atoms with van der Waals surface area (Å²) in [5, 5.41) is 10.9. The van der Waals surface area contributed by atoms with E-state index in [4.69, 9.17) is 4.52 Å². The van der Waals surface area contributed by atoms with E-state index in [9.17, 15) is 0 Å². The van der Waals surface area contributed by atoms with Crippen molar-refractivity contribution in [2.24, 2.45) is 4.99 Å². The van der Waals surface area contributed by atoms with Gasteiger partial charge in [0.15, 0.2) is 5.96 Å². The molecule has 2 rings (SSSR count). The zero-order valence-electron chi connectivity index (χ0n) is 15.1. The first-order chi connectivity index (χ1) is 11.1. The molecule has 2 heterocycles. The van der Waals surface area contributed by atoms with E-state index in [-0.39, 0.29) is 0 Å². The monoisotopic (exact) mass is 321 g/mol. The molecule has 0 radical (unpaired) electrons. The van der Waals surface area contributed by atoms with Crippen molar-refractivity contribution in [3.05, 3.63) is 17.0 Å². The van der Waals surface area contributed by atoms with Crippen molar-refractivity contribution in [1.29, 1.82) is 0 Å². The van der Waals surface area contributed by atoms with Gasteiger partial charge in [-0.3, -0.25) is 9.89 Å². The molecule has 1 fully saturated rings. The Morgan fingerprint density at radius 3 is 2.83 bits per heavy atom. The molecule has 2 unspecified atom stereocenters. The number of rotatable bonds is 6. The lowest BCUT2D eigenvalue weighted by atomic mass is 10.00. The number of nitrogens with one attached hydrogen (secondary N) is 2. The van der Waals surface area contributed by atoms with Crippen LogP contribution in [0.1, 0.15) is 49.6 Å². The van der Waals surface area contributed by atoms with Crippen molar-refractivity contribution in [2.45, 2.75) is 52.5 Å². The highest BCUT2D eigenvalue weighted by Crippen LogP contribution is 2.22. The molecule has 6 heteroatoms. The minimum Gasteiger partial charge on any atom is -0.361 e. The fourth-order valence-corrected chi connectivity index (χ4v) is 3.52. The van der Waals surface area contributed by atoms with E-state index in [0.29, 0.717) is 12.0 Å². The number of likely N-dealkylation sites (N-methyl/N-ethyl adjacent to an activating group) is 1. The fraction of sp³-hybridized carbons (Fsp3) is 0.765. The second-order valence-electron chi connectivity index (χ2n) is 6.40. The zero-order valence-corrected chi connectivity index (χ0v) is 15.1. The van der Waals surface area contributed by atoms with Crippen LogP contribution in [0.15, 0.2) is 9.52 Å². The van der Waals surface area contributed by atoms with Crippen LogP contribution in [0.4, 0.5) is 0 Å². The number of hydrogen-bond donors (Lipinski definition) is 2. The number of guanidine groups is 1. The molecule has 2 N–H and O–H groups in total. The highest BCUT2D eigenvalue weighted by molar-refractivity contribution is 5.79. The molecular weight excluding hydrogens is 290 g/mol. The summed E-state index contributed by atoms with van der Waals surface area (Å²) in [6, 6.07) is 0.624. The summed E-state index contributed by atoms with van der Waals surface area (Å²) < 4.78 is 5.26. The summed E-state index contributed by atoms with van der Waals surface area (Å²) in [5.74, 6) is 2.11. The van der Waals surface area contributed by atoms with Gasteiger partial charge in [0.25, 0.3) is 0 Å². The van der Waals surface area contributed by atoms with Crippen LogP contribution in [0.5, 0.6) is 0 Å². The molecule has 1 aromatic heterocycles. The number of aromatic nitrogens is 1. The largest absolute Gasteiger partial charge is 0.361 e. The Morgan fingerprint density at radius 2 is 2.22 bits per heavy atom. The molecule has 6 nitrogen and oxygen atoms in total. The Morgan fingerprint density at radius 1 is 1.43 bits per heavy atom. The number of aliphatic imine (C=N–C) groups is 1. The summed E-state index contributed by atoms with van der Waals surface area (Å²) in [6.07, 6.45) is 2.57. The topological polar surface area (TPSA) is 65.7 Å². The van der Waals surface area contributed by atoms with Crippen LogP contribution in [0, 0.1) is 13.8 Å².